The lowest BCUT2D eigenvalue weighted by molar-refractivity contribution is -0.0361. The van der Waals surface area contributed by atoms with Crippen LogP contribution in [-0.2, 0) is 4.74 Å². The molecule has 0 radical (unpaired) electrons. The fourth-order valence-corrected chi connectivity index (χ4v) is 3.66. The van der Waals surface area contributed by atoms with Crippen molar-refractivity contribution >= 4 is 11.6 Å². The van der Waals surface area contributed by atoms with E-state index in [-0.39, 0.29) is 18.9 Å². The summed E-state index contributed by atoms with van der Waals surface area (Å²) in [6.07, 6.45) is 3.44. The number of hydrogen-bond donors (Lipinski definition) is 1. The molecule has 0 amide bonds. The molecule has 0 aromatic carbocycles. The molecule has 1 saturated carbocycles. The molecule has 2 aromatic heterocycles. The van der Waals surface area contributed by atoms with Crippen molar-refractivity contribution in [3.63, 3.8) is 0 Å². The van der Waals surface area contributed by atoms with E-state index in [0.29, 0.717) is 31.2 Å². The first kappa shape index (κ1) is 19.0. The van der Waals surface area contributed by atoms with E-state index in [1.165, 1.54) is 0 Å². The van der Waals surface area contributed by atoms with E-state index in [0.717, 1.165) is 37.6 Å². The van der Waals surface area contributed by atoms with Crippen LogP contribution in [0.25, 0.3) is 5.95 Å². The van der Waals surface area contributed by atoms with Crippen LogP contribution >= 0.6 is 0 Å². The second kappa shape index (κ2) is 7.98. The summed E-state index contributed by atoms with van der Waals surface area (Å²) in [5.74, 6) is -0.626. The highest BCUT2D eigenvalue weighted by molar-refractivity contribution is 5.52. The SMILES string of the molecule is Cc1ccn(-c2nc(NC3CCC(F)(F)CC3)cc(N3CCCOCC3)n2)n1. The van der Waals surface area contributed by atoms with Gasteiger partial charge in [0.15, 0.2) is 0 Å². The lowest BCUT2D eigenvalue weighted by atomic mass is 9.92. The Hall–Kier alpha value is -2.29. The molecule has 152 valence electrons. The van der Waals surface area contributed by atoms with Gasteiger partial charge >= 0.3 is 0 Å². The number of halogens is 2. The van der Waals surface area contributed by atoms with Gasteiger partial charge in [0.05, 0.1) is 12.3 Å². The minimum absolute atomic E-state index is 0.0120. The van der Waals surface area contributed by atoms with E-state index < -0.39 is 5.92 Å². The molecule has 0 unspecified atom stereocenters. The van der Waals surface area contributed by atoms with Gasteiger partial charge < -0.3 is 15.0 Å². The van der Waals surface area contributed by atoms with E-state index in [9.17, 15) is 8.78 Å². The third-order valence-electron chi connectivity index (χ3n) is 5.24. The van der Waals surface area contributed by atoms with Gasteiger partial charge in [0.2, 0.25) is 5.92 Å². The van der Waals surface area contributed by atoms with Gasteiger partial charge in [-0.3, -0.25) is 0 Å². The van der Waals surface area contributed by atoms with Gasteiger partial charge in [-0.15, -0.1) is 0 Å². The summed E-state index contributed by atoms with van der Waals surface area (Å²) in [7, 11) is 0. The Morgan fingerprint density at radius 1 is 1.18 bits per heavy atom. The van der Waals surface area contributed by atoms with E-state index in [4.69, 9.17) is 9.72 Å². The average Bonchev–Trinajstić information content (AvgIpc) is 2.93. The average molecular weight is 392 g/mol. The standard InChI is InChI=1S/C19H26F2N6O/c1-14-5-9-27(25-14)18-23-16(22-15-3-6-19(20,21)7-4-15)13-17(24-18)26-8-2-11-28-12-10-26/h5,9,13,15H,2-4,6-8,10-12H2,1H3,(H,22,23,24). The van der Waals surface area contributed by atoms with Crippen LogP contribution < -0.4 is 10.2 Å². The smallest absolute Gasteiger partial charge is 0.254 e. The summed E-state index contributed by atoms with van der Waals surface area (Å²) in [6, 6.07) is 3.78. The van der Waals surface area contributed by atoms with Crippen LogP contribution in [0.15, 0.2) is 18.3 Å². The number of anilines is 2. The van der Waals surface area contributed by atoms with Crippen LogP contribution in [-0.4, -0.2) is 58.0 Å². The molecule has 28 heavy (non-hydrogen) atoms. The molecule has 1 N–H and O–H groups in total. The third-order valence-corrected chi connectivity index (χ3v) is 5.24. The van der Waals surface area contributed by atoms with Crippen molar-refractivity contribution in [1.29, 1.82) is 0 Å². The Bertz CT molecular complexity index is 793. The van der Waals surface area contributed by atoms with Crippen LogP contribution in [0.2, 0.25) is 0 Å². The molecule has 3 heterocycles. The highest BCUT2D eigenvalue weighted by atomic mass is 19.3. The molecule has 4 rings (SSSR count). The molecule has 1 saturated heterocycles. The monoisotopic (exact) mass is 392 g/mol. The number of nitrogens with zero attached hydrogens (tertiary/aromatic N) is 5. The second-order valence-corrected chi connectivity index (χ2v) is 7.54. The summed E-state index contributed by atoms with van der Waals surface area (Å²) in [5.41, 5.74) is 0.876. The molecule has 0 spiro atoms. The lowest BCUT2D eigenvalue weighted by Gasteiger charge is -2.29. The normalized spacial score (nSPS) is 20.8. The van der Waals surface area contributed by atoms with Gasteiger partial charge in [0, 0.05) is 50.8 Å². The summed E-state index contributed by atoms with van der Waals surface area (Å²) in [6.45, 7) is 4.91. The van der Waals surface area contributed by atoms with Crippen LogP contribution in [0.1, 0.15) is 37.8 Å². The van der Waals surface area contributed by atoms with Gasteiger partial charge in [-0.05, 0) is 32.3 Å². The van der Waals surface area contributed by atoms with Crippen LogP contribution in [0.5, 0.6) is 0 Å². The van der Waals surface area contributed by atoms with Crippen molar-refractivity contribution in [1.82, 2.24) is 19.7 Å². The number of hydrogen-bond acceptors (Lipinski definition) is 6. The maximum absolute atomic E-state index is 13.5. The van der Waals surface area contributed by atoms with Crippen molar-refractivity contribution in [3.8, 4) is 5.95 Å². The maximum Gasteiger partial charge on any atom is 0.254 e. The van der Waals surface area contributed by atoms with Crippen LogP contribution in [0, 0.1) is 6.92 Å². The van der Waals surface area contributed by atoms with Crippen molar-refractivity contribution in [2.75, 3.05) is 36.5 Å². The Balaban J connectivity index is 1.60. The fraction of sp³-hybridized carbons (Fsp3) is 0.632. The zero-order valence-corrected chi connectivity index (χ0v) is 16.1. The van der Waals surface area contributed by atoms with Gasteiger partial charge in [-0.2, -0.15) is 15.1 Å². The Labute approximate surface area is 163 Å². The molecular weight excluding hydrogens is 366 g/mol. The predicted octanol–water partition coefficient (Wildman–Crippen LogP) is 3.19. The molecular formula is C19H26F2N6O. The molecule has 1 aliphatic carbocycles. The third kappa shape index (κ3) is 4.57. The van der Waals surface area contributed by atoms with E-state index in [1.54, 1.807) is 4.68 Å². The Morgan fingerprint density at radius 2 is 2.00 bits per heavy atom. The summed E-state index contributed by atoms with van der Waals surface area (Å²) < 4.78 is 34.1. The molecule has 0 atom stereocenters. The van der Waals surface area contributed by atoms with Crippen LogP contribution in [0.4, 0.5) is 20.4 Å². The van der Waals surface area contributed by atoms with E-state index in [1.807, 2.05) is 25.3 Å². The lowest BCUT2D eigenvalue weighted by Crippen LogP contribution is -2.32. The van der Waals surface area contributed by atoms with Gasteiger partial charge in [0.25, 0.3) is 5.95 Å². The van der Waals surface area contributed by atoms with E-state index >= 15 is 0 Å². The molecule has 0 bridgehead atoms. The molecule has 2 fully saturated rings. The first-order valence-corrected chi connectivity index (χ1v) is 9.87. The summed E-state index contributed by atoms with van der Waals surface area (Å²) in [5, 5.41) is 7.76. The van der Waals surface area contributed by atoms with Crippen molar-refractivity contribution < 1.29 is 13.5 Å². The highest BCUT2D eigenvalue weighted by Crippen LogP contribution is 2.34. The highest BCUT2D eigenvalue weighted by Gasteiger charge is 2.35. The number of aryl methyl sites for hydroxylation is 1. The maximum atomic E-state index is 13.5. The van der Waals surface area contributed by atoms with Gasteiger partial charge in [-0.1, -0.05) is 0 Å². The second-order valence-electron chi connectivity index (χ2n) is 7.54. The number of aromatic nitrogens is 4. The number of nitrogens with one attached hydrogen (secondary N) is 1. The largest absolute Gasteiger partial charge is 0.380 e. The zero-order chi connectivity index (χ0) is 19.6. The number of rotatable bonds is 4. The number of alkyl halides is 2. The summed E-state index contributed by atoms with van der Waals surface area (Å²) >= 11 is 0. The van der Waals surface area contributed by atoms with Crippen molar-refractivity contribution in [2.45, 2.75) is 51.0 Å². The molecule has 9 heteroatoms. The van der Waals surface area contributed by atoms with Gasteiger partial charge in [0.1, 0.15) is 11.6 Å². The molecule has 7 nitrogen and oxygen atoms in total. The number of ether oxygens (including phenoxy) is 1. The zero-order valence-electron chi connectivity index (χ0n) is 16.1. The first-order chi connectivity index (χ1) is 13.5. The van der Waals surface area contributed by atoms with Crippen molar-refractivity contribution in [2.24, 2.45) is 0 Å². The molecule has 1 aliphatic heterocycles. The fourth-order valence-electron chi connectivity index (χ4n) is 3.66. The topological polar surface area (TPSA) is 68.1 Å². The van der Waals surface area contributed by atoms with Crippen molar-refractivity contribution in [3.05, 3.63) is 24.0 Å². The minimum Gasteiger partial charge on any atom is -0.380 e. The quantitative estimate of drug-likeness (QED) is 0.862. The molecule has 2 aliphatic rings. The predicted molar refractivity (Wildman–Crippen MR) is 102 cm³/mol. The van der Waals surface area contributed by atoms with E-state index in [2.05, 4.69) is 20.3 Å². The minimum atomic E-state index is -2.54. The molecule has 2 aromatic rings. The van der Waals surface area contributed by atoms with Gasteiger partial charge in [-0.25, -0.2) is 13.5 Å². The Kier molecular flexibility index (Phi) is 5.43. The van der Waals surface area contributed by atoms with Crippen LogP contribution in [0.3, 0.4) is 0 Å². The Morgan fingerprint density at radius 3 is 2.75 bits per heavy atom. The summed E-state index contributed by atoms with van der Waals surface area (Å²) in [4.78, 5) is 11.5. The first-order valence-electron chi connectivity index (χ1n) is 9.87.